The van der Waals surface area contributed by atoms with E-state index >= 15 is 0 Å². The van der Waals surface area contributed by atoms with E-state index in [1.54, 1.807) is 17.7 Å². The molecule has 0 fully saturated rings. The minimum absolute atomic E-state index is 0.0211. The van der Waals surface area contributed by atoms with Crippen LogP contribution < -0.4 is 10.6 Å². The molecule has 0 saturated heterocycles. The molecular weight excluding hydrogens is 463 g/mol. The summed E-state index contributed by atoms with van der Waals surface area (Å²) in [5.41, 5.74) is 0.0664. The molecule has 0 radical (unpaired) electrons. The molecular formula is C22H23FN6O4S. The summed E-state index contributed by atoms with van der Waals surface area (Å²) in [6.45, 7) is 3.78. The Bertz CT molecular complexity index is 1220. The highest BCUT2D eigenvalue weighted by Gasteiger charge is 2.26. The lowest BCUT2D eigenvalue weighted by Crippen LogP contribution is -2.33. The van der Waals surface area contributed by atoms with Crippen LogP contribution in [0.1, 0.15) is 36.1 Å². The van der Waals surface area contributed by atoms with Gasteiger partial charge in [-0.3, -0.25) is 19.7 Å². The molecule has 2 amide bonds. The number of hydrogen-bond acceptors (Lipinski definition) is 7. The Kier molecular flexibility index (Phi) is 7.95. The van der Waals surface area contributed by atoms with E-state index in [4.69, 9.17) is 0 Å². The summed E-state index contributed by atoms with van der Waals surface area (Å²) in [6, 6.07) is 10.8. The van der Waals surface area contributed by atoms with Crippen LogP contribution in [0.25, 0.3) is 0 Å². The largest absolute Gasteiger partial charge is 0.342 e. The first-order valence-electron chi connectivity index (χ1n) is 10.3. The third kappa shape index (κ3) is 5.95. The van der Waals surface area contributed by atoms with Crippen LogP contribution in [0.5, 0.6) is 0 Å². The van der Waals surface area contributed by atoms with E-state index in [1.807, 2.05) is 13.8 Å². The second-order valence-corrected chi connectivity index (χ2v) is 8.66. The van der Waals surface area contributed by atoms with Gasteiger partial charge in [-0.25, -0.2) is 4.39 Å². The van der Waals surface area contributed by atoms with E-state index in [9.17, 15) is 24.1 Å². The Morgan fingerprint density at radius 2 is 1.91 bits per heavy atom. The molecule has 0 aliphatic rings. The maximum Gasteiger partial charge on any atom is 0.270 e. The molecule has 3 aromatic rings. The maximum absolute atomic E-state index is 13.7. The molecule has 0 aliphatic carbocycles. The lowest BCUT2D eigenvalue weighted by Gasteiger charge is -2.21. The van der Waals surface area contributed by atoms with Crippen LogP contribution in [0.15, 0.2) is 53.7 Å². The lowest BCUT2D eigenvalue weighted by molar-refractivity contribution is -0.384. The number of halogens is 1. The predicted molar refractivity (Wildman–Crippen MR) is 125 cm³/mol. The number of rotatable bonds is 9. The number of carbonyl (C=O) groups excluding carboxylic acids is 2. The number of aromatic nitrogens is 3. The molecule has 2 aromatic carbocycles. The molecule has 178 valence electrons. The minimum atomic E-state index is -0.564. The van der Waals surface area contributed by atoms with Crippen LogP contribution in [0.3, 0.4) is 0 Å². The summed E-state index contributed by atoms with van der Waals surface area (Å²) in [5, 5.41) is 25.1. The van der Waals surface area contributed by atoms with Gasteiger partial charge in [-0.1, -0.05) is 43.8 Å². The number of non-ortho nitro benzene ring substituents is 1. The zero-order valence-electron chi connectivity index (χ0n) is 18.7. The number of thioether (sulfide) groups is 1. The average molecular weight is 487 g/mol. The zero-order valence-corrected chi connectivity index (χ0v) is 19.5. The van der Waals surface area contributed by atoms with E-state index in [0.29, 0.717) is 11.0 Å². The zero-order chi connectivity index (χ0) is 24.8. The molecule has 1 heterocycles. The number of nitrogens with one attached hydrogen (secondary N) is 2. The van der Waals surface area contributed by atoms with Crippen LogP contribution >= 0.6 is 11.8 Å². The lowest BCUT2D eigenvalue weighted by atomic mass is 10.0. The first kappa shape index (κ1) is 24.8. The van der Waals surface area contributed by atoms with Crippen molar-refractivity contribution in [1.82, 2.24) is 20.1 Å². The standard InChI is InChI=1S/C22H23FN6O4S/c1-13(2)19(25-21(31)14-7-6-8-15(11-14)29(32)33)20-26-27-22(28(20)3)34-12-18(30)24-17-10-5-4-9-16(17)23/h4-11,13,19H,12H2,1-3H3,(H,24,30)(H,25,31)/t19-/m1/s1. The van der Waals surface area contributed by atoms with Crippen molar-refractivity contribution in [1.29, 1.82) is 0 Å². The number of nitro benzene ring substituents is 1. The van der Waals surface area contributed by atoms with Crippen molar-refractivity contribution in [3.63, 3.8) is 0 Å². The van der Waals surface area contributed by atoms with Crippen LogP contribution in [-0.2, 0) is 11.8 Å². The van der Waals surface area contributed by atoms with E-state index in [-0.39, 0.29) is 28.6 Å². The second kappa shape index (κ2) is 10.9. The van der Waals surface area contributed by atoms with E-state index in [2.05, 4.69) is 20.8 Å². The summed E-state index contributed by atoms with van der Waals surface area (Å²) in [4.78, 5) is 35.4. The summed E-state index contributed by atoms with van der Waals surface area (Å²) in [7, 11) is 1.71. The topological polar surface area (TPSA) is 132 Å². The van der Waals surface area contributed by atoms with Gasteiger partial charge in [0.25, 0.3) is 11.6 Å². The number of amides is 2. The molecule has 1 aromatic heterocycles. The number of nitrogens with zero attached hydrogens (tertiary/aromatic N) is 4. The molecule has 12 heteroatoms. The van der Waals surface area contributed by atoms with Gasteiger partial charge in [0.15, 0.2) is 11.0 Å². The number of nitro groups is 1. The molecule has 34 heavy (non-hydrogen) atoms. The minimum Gasteiger partial charge on any atom is -0.342 e. The van der Waals surface area contributed by atoms with Gasteiger partial charge in [0.1, 0.15) is 5.82 Å². The van der Waals surface area contributed by atoms with Gasteiger partial charge < -0.3 is 15.2 Å². The molecule has 0 unspecified atom stereocenters. The Labute approximate surface area is 199 Å². The third-order valence-electron chi connectivity index (χ3n) is 4.90. The van der Waals surface area contributed by atoms with Gasteiger partial charge in [-0.05, 0) is 24.1 Å². The van der Waals surface area contributed by atoms with Crippen molar-refractivity contribution in [2.75, 3.05) is 11.1 Å². The van der Waals surface area contributed by atoms with Crippen LogP contribution in [-0.4, -0.2) is 37.3 Å². The van der Waals surface area contributed by atoms with Crippen molar-refractivity contribution in [2.45, 2.75) is 25.0 Å². The molecule has 0 bridgehead atoms. The van der Waals surface area contributed by atoms with Crippen LogP contribution in [0.4, 0.5) is 15.8 Å². The van der Waals surface area contributed by atoms with Gasteiger partial charge in [0.05, 0.1) is 22.4 Å². The molecule has 10 nitrogen and oxygen atoms in total. The van der Waals surface area contributed by atoms with Crippen molar-refractivity contribution in [3.05, 3.63) is 75.9 Å². The fourth-order valence-electron chi connectivity index (χ4n) is 3.12. The number of anilines is 1. The van der Waals surface area contributed by atoms with Gasteiger partial charge in [-0.15, -0.1) is 10.2 Å². The fraction of sp³-hybridized carbons (Fsp3) is 0.273. The van der Waals surface area contributed by atoms with Gasteiger partial charge in [0.2, 0.25) is 5.91 Å². The molecule has 0 aliphatic heterocycles. The summed E-state index contributed by atoms with van der Waals surface area (Å²) in [5.74, 6) is -1.05. The predicted octanol–water partition coefficient (Wildman–Crippen LogP) is 3.72. The van der Waals surface area contributed by atoms with Crippen LogP contribution in [0, 0.1) is 21.8 Å². The van der Waals surface area contributed by atoms with E-state index < -0.39 is 28.6 Å². The average Bonchev–Trinajstić information content (AvgIpc) is 3.17. The SMILES string of the molecule is CC(C)[C@@H](NC(=O)c1cccc([N+](=O)[O-])c1)c1nnc(SCC(=O)Nc2ccccc2F)n1C. The van der Waals surface area contributed by atoms with Crippen molar-refractivity contribution in [2.24, 2.45) is 13.0 Å². The molecule has 1 atom stereocenters. The van der Waals surface area contributed by atoms with Crippen LogP contribution in [0.2, 0.25) is 0 Å². The highest BCUT2D eigenvalue weighted by molar-refractivity contribution is 7.99. The smallest absolute Gasteiger partial charge is 0.270 e. The summed E-state index contributed by atoms with van der Waals surface area (Å²) in [6.07, 6.45) is 0. The first-order chi connectivity index (χ1) is 16.2. The molecule has 0 spiro atoms. The normalized spacial score (nSPS) is 11.8. The number of hydrogen-bond donors (Lipinski definition) is 2. The van der Waals surface area contributed by atoms with Crippen molar-refractivity contribution in [3.8, 4) is 0 Å². The first-order valence-corrected chi connectivity index (χ1v) is 11.3. The Hall–Kier alpha value is -3.80. The van der Waals surface area contributed by atoms with Gasteiger partial charge >= 0.3 is 0 Å². The van der Waals surface area contributed by atoms with Crippen molar-refractivity contribution >= 4 is 35.0 Å². The fourth-order valence-corrected chi connectivity index (χ4v) is 3.83. The second-order valence-electron chi connectivity index (χ2n) is 7.72. The molecule has 0 saturated carbocycles. The monoisotopic (exact) mass is 486 g/mol. The van der Waals surface area contributed by atoms with E-state index in [0.717, 1.165) is 11.8 Å². The Balaban J connectivity index is 1.69. The quantitative estimate of drug-likeness (QED) is 0.268. The molecule has 3 rings (SSSR count). The van der Waals surface area contributed by atoms with Gasteiger partial charge in [0, 0.05) is 24.7 Å². The Morgan fingerprint density at radius 3 is 2.59 bits per heavy atom. The maximum atomic E-state index is 13.7. The number of benzene rings is 2. The summed E-state index contributed by atoms with van der Waals surface area (Å²) >= 11 is 1.12. The highest BCUT2D eigenvalue weighted by atomic mass is 32.2. The number of para-hydroxylation sites is 1. The Morgan fingerprint density at radius 1 is 1.18 bits per heavy atom. The number of carbonyl (C=O) groups is 2. The summed E-state index contributed by atoms with van der Waals surface area (Å²) < 4.78 is 15.4. The third-order valence-corrected chi connectivity index (χ3v) is 5.92. The highest BCUT2D eigenvalue weighted by Crippen LogP contribution is 2.25. The van der Waals surface area contributed by atoms with E-state index in [1.165, 1.54) is 42.5 Å². The molecule has 2 N–H and O–H groups in total. The van der Waals surface area contributed by atoms with Gasteiger partial charge in [-0.2, -0.15) is 0 Å². The van der Waals surface area contributed by atoms with Crippen molar-refractivity contribution < 1.29 is 18.9 Å².